The molecule has 0 aliphatic rings. The van der Waals surface area contributed by atoms with Gasteiger partial charge in [-0.3, -0.25) is 0 Å². The van der Waals surface area contributed by atoms with Crippen LogP contribution in [0.2, 0.25) is 0 Å². The SMILES string of the molecule is COCCOCC(O)CSc1ccccc1OC. The first-order chi connectivity index (χ1) is 8.77. The van der Waals surface area contributed by atoms with E-state index >= 15 is 0 Å². The van der Waals surface area contributed by atoms with Gasteiger partial charge in [0.25, 0.3) is 0 Å². The van der Waals surface area contributed by atoms with Crippen LogP contribution in [0.15, 0.2) is 29.2 Å². The lowest BCUT2D eigenvalue weighted by Gasteiger charge is -2.12. The molecular weight excluding hydrogens is 252 g/mol. The van der Waals surface area contributed by atoms with E-state index in [1.54, 1.807) is 26.0 Å². The zero-order chi connectivity index (χ0) is 13.2. The van der Waals surface area contributed by atoms with Gasteiger partial charge < -0.3 is 19.3 Å². The molecule has 0 fully saturated rings. The third kappa shape index (κ3) is 5.73. The summed E-state index contributed by atoms with van der Waals surface area (Å²) in [6, 6.07) is 7.76. The van der Waals surface area contributed by atoms with Crippen LogP contribution in [0.3, 0.4) is 0 Å². The Kier molecular flexibility index (Phi) is 7.84. The normalized spacial score (nSPS) is 12.4. The molecule has 18 heavy (non-hydrogen) atoms. The number of rotatable bonds is 9. The van der Waals surface area contributed by atoms with E-state index in [2.05, 4.69) is 0 Å². The summed E-state index contributed by atoms with van der Waals surface area (Å²) in [5, 5.41) is 9.75. The summed E-state index contributed by atoms with van der Waals surface area (Å²) in [6.07, 6.45) is -0.489. The molecule has 0 aliphatic carbocycles. The monoisotopic (exact) mass is 272 g/mol. The number of benzene rings is 1. The van der Waals surface area contributed by atoms with Crippen molar-refractivity contribution in [3.63, 3.8) is 0 Å². The van der Waals surface area contributed by atoms with E-state index in [9.17, 15) is 5.11 Å². The van der Waals surface area contributed by atoms with Crippen molar-refractivity contribution < 1.29 is 19.3 Å². The van der Waals surface area contributed by atoms with Gasteiger partial charge in [-0.1, -0.05) is 12.1 Å². The third-order valence-electron chi connectivity index (χ3n) is 2.24. The van der Waals surface area contributed by atoms with Gasteiger partial charge in [0.05, 0.1) is 33.0 Å². The average molecular weight is 272 g/mol. The third-order valence-corrected chi connectivity index (χ3v) is 3.44. The Labute approximate surface area is 112 Å². The highest BCUT2D eigenvalue weighted by atomic mass is 32.2. The van der Waals surface area contributed by atoms with E-state index in [-0.39, 0.29) is 0 Å². The van der Waals surface area contributed by atoms with Crippen molar-refractivity contribution in [3.05, 3.63) is 24.3 Å². The first-order valence-electron chi connectivity index (χ1n) is 5.78. The van der Waals surface area contributed by atoms with E-state index in [1.165, 1.54) is 0 Å². The van der Waals surface area contributed by atoms with Crippen molar-refractivity contribution in [2.24, 2.45) is 0 Å². The van der Waals surface area contributed by atoms with Crippen LogP contribution in [0.5, 0.6) is 5.75 Å². The lowest BCUT2D eigenvalue weighted by atomic mass is 10.3. The molecule has 1 N–H and O–H groups in total. The predicted octanol–water partition coefficient (Wildman–Crippen LogP) is 1.81. The Morgan fingerprint density at radius 1 is 1.22 bits per heavy atom. The van der Waals surface area contributed by atoms with Crippen LogP contribution >= 0.6 is 11.8 Å². The maximum atomic E-state index is 9.75. The van der Waals surface area contributed by atoms with Crippen molar-refractivity contribution in [1.82, 2.24) is 0 Å². The Morgan fingerprint density at radius 2 is 2.00 bits per heavy atom. The lowest BCUT2D eigenvalue weighted by Crippen LogP contribution is -2.19. The number of aliphatic hydroxyl groups is 1. The summed E-state index contributed by atoms with van der Waals surface area (Å²) in [5.74, 6) is 1.41. The van der Waals surface area contributed by atoms with Gasteiger partial charge in [-0.05, 0) is 12.1 Å². The van der Waals surface area contributed by atoms with E-state index in [1.807, 2.05) is 24.3 Å². The van der Waals surface area contributed by atoms with Crippen LogP contribution in [0.4, 0.5) is 0 Å². The quantitative estimate of drug-likeness (QED) is 0.549. The van der Waals surface area contributed by atoms with Gasteiger partial charge in [0, 0.05) is 17.8 Å². The minimum absolute atomic E-state index is 0.325. The first kappa shape index (κ1) is 15.3. The fourth-order valence-corrected chi connectivity index (χ4v) is 2.27. The summed E-state index contributed by atoms with van der Waals surface area (Å²) in [4.78, 5) is 1.02. The predicted molar refractivity (Wildman–Crippen MR) is 72.4 cm³/mol. The summed E-state index contributed by atoms with van der Waals surface area (Å²) >= 11 is 1.56. The second-order valence-electron chi connectivity index (χ2n) is 3.68. The second kappa shape index (κ2) is 9.22. The minimum Gasteiger partial charge on any atom is -0.496 e. The van der Waals surface area contributed by atoms with Gasteiger partial charge in [0.1, 0.15) is 5.75 Å². The van der Waals surface area contributed by atoms with Crippen molar-refractivity contribution in [3.8, 4) is 5.75 Å². The highest BCUT2D eigenvalue weighted by Crippen LogP contribution is 2.28. The zero-order valence-corrected chi connectivity index (χ0v) is 11.6. The molecule has 1 atom stereocenters. The van der Waals surface area contributed by atoms with Gasteiger partial charge in [-0.15, -0.1) is 11.8 Å². The maximum absolute atomic E-state index is 9.75. The lowest BCUT2D eigenvalue weighted by molar-refractivity contribution is 0.0218. The van der Waals surface area contributed by atoms with Gasteiger partial charge in [-0.2, -0.15) is 0 Å². The minimum atomic E-state index is -0.489. The molecule has 1 rings (SSSR count). The van der Waals surface area contributed by atoms with E-state index in [4.69, 9.17) is 14.2 Å². The van der Waals surface area contributed by atoms with Gasteiger partial charge in [0.15, 0.2) is 0 Å². The zero-order valence-electron chi connectivity index (χ0n) is 10.8. The Balaban J connectivity index is 2.26. The maximum Gasteiger partial charge on any atom is 0.132 e. The van der Waals surface area contributed by atoms with E-state index in [0.29, 0.717) is 25.6 Å². The molecule has 0 bridgehead atoms. The van der Waals surface area contributed by atoms with Crippen LogP contribution in [0.25, 0.3) is 0 Å². The van der Waals surface area contributed by atoms with Crippen LogP contribution in [0.1, 0.15) is 0 Å². The number of hydrogen-bond acceptors (Lipinski definition) is 5. The summed E-state index contributed by atoms with van der Waals surface area (Å²) in [5.41, 5.74) is 0. The standard InChI is InChI=1S/C13H20O4S/c1-15-7-8-17-9-11(14)10-18-13-6-4-3-5-12(13)16-2/h3-6,11,14H,7-10H2,1-2H3. The van der Waals surface area contributed by atoms with Crippen molar-refractivity contribution in [2.75, 3.05) is 39.8 Å². The largest absolute Gasteiger partial charge is 0.496 e. The Morgan fingerprint density at radius 3 is 2.72 bits per heavy atom. The van der Waals surface area contributed by atoms with Crippen LogP contribution in [-0.4, -0.2) is 51.0 Å². The van der Waals surface area contributed by atoms with Gasteiger partial charge in [-0.25, -0.2) is 0 Å². The Bertz CT molecular complexity index is 333. The number of hydrogen-bond donors (Lipinski definition) is 1. The second-order valence-corrected chi connectivity index (χ2v) is 4.75. The first-order valence-corrected chi connectivity index (χ1v) is 6.77. The molecular formula is C13H20O4S. The number of aliphatic hydroxyl groups excluding tert-OH is 1. The Hall–Kier alpha value is -0.750. The van der Waals surface area contributed by atoms with Crippen molar-refractivity contribution in [1.29, 1.82) is 0 Å². The molecule has 0 amide bonds. The van der Waals surface area contributed by atoms with Crippen molar-refractivity contribution >= 4 is 11.8 Å². The van der Waals surface area contributed by atoms with Crippen LogP contribution < -0.4 is 4.74 Å². The molecule has 1 unspecified atom stereocenters. The smallest absolute Gasteiger partial charge is 0.132 e. The van der Waals surface area contributed by atoms with Crippen LogP contribution in [0, 0.1) is 0 Å². The molecule has 5 heteroatoms. The molecule has 4 nitrogen and oxygen atoms in total. The molecule has 0 saturated heterocycles. The molecule has 0 radical (unpaired) electrons. The number of ether oxygens (including phenoxy) is 3. The van der Waals surface area contributed by atoms with Gasteiger partial charge >= 0.3 is 0 Å². The number of thioether (sulfide) groups is 1. The molecule has 0 heterocycles. The summed E-state index contributed by atoms with van der Waals surface area (Å²) in [7, 11) is 3.26. The van der Waals surface area contributed by atoms with Gasteiger partial charge in [0.2, 0.25) is 0 Å². The molecule has 0 aromatic heterocycles. The summed E-state index contributed by atoms with van der Waals surface area (Å²) in [6.45, 7) is 1.38. The topological polar surface area (TPSA) is 47.9 Å². The molecule has 1 aromatic carbocycles. The summed E-state index contributed by atoms with van der Waals surface area (Å²) < 4.78 is 15.4. The van der Waals surface area contributed by atoms with Crippen LogP contribution in [-0.2, 0) is 9.47 Å². The fraction of sp³-hybridized carbons (Fsp3) is 0.538. The molecule has 1 aromatic rings. The molecule has 0 spiro atoms. The fourth-order valence-electron chi connectivity index (χ4n) is 1.33. The number of para-hydroxylation sites is 1. The van der Waals surface area contributed by atoms with E-state index in [0.717, 1.165) is 10.6 Å². The van der Waals surface area contributed by atoms with Crippen molar-refractivity contribution in [2.45, 2.75) is 11.0 Å². The molecule has 0 aliphatic heterocycles. The van der Waals surface area contributed by atoms with E-state index < -0.39 is 6.10 Å². The molecule has 0 saturated carbocycles. The highest BCUT2D eigenvalue weighted by Gasteiger charge is 2.08. The molecule has 102 valence electrons. The average Bonchev–Trinajstić information content (AvgIpc) is 2.41. The highest BCUT2D eigenvalue weighted by molar-refractivity contribution is 7.99. The number of methoxy groups -OCH3 is 2.